The predicted molar refractivity (Wildman–Crippen MR) is 131 cm³/mol. The fourth-order valence-corrected chi connectivity index (χ4v) is 3.48. The molecule has 36 heavy (non-hydrogen) atoms. The first-order chi connectivity index (χ1) is 17.3. The van der Waals surface area contributed by atoms with Crippen molar-refractivity contribution in [3.63, 3.8) is 0 Å². The first-order valence-corrected chi connectivity index (χ1v) is 11.6. The van der Waals surface area contributed by atoms with Crippen molar-refractivity contribution in [1.29, 1.82) is 0 Å². The highest BCUT2D eigenvalue weighted by Crippen LogP contribution is 2.34. The van der Waals surface area contributed by atoms with Crippen LogP contribution in [-0.4, -0.2) is 60.0 Å². The second-order valence-electron chi connectivity index (χ2n) is 8.01. The number of hydrogen-bond donors (Lipinski definition) is 3. The molecule has 192 valence electrons. The SMILES string of the molecule is CCCOc1ccc(/C=C2/C(=O)NN(c3ccccc3)C2=O)c(OC[C@H](O)[C@@H](O)C(=O)OCC)c1C. The fourth-order valence-electron chi connectivity index (χ4n) is 3.48. The van der Waals surface area contributed by atoms with E-state index in [-0.39, 0.29) is 17.9 Å². The third-order valence-corrected chi connectivity index (χ3v) is 5.35. The molecule has 0 aromatic heterocycles. The number of aliphatic hydroxyl groups is 2. The van der Waals surface area contributed by atoms with Gasteiger partial charge in [-0.25, -0.2) is 9.80 Å². The number of esters is 1. The van der Waals surface area contributed by atoms with Gasteiger partial charge in [0.05, 0.1) is 18.9 Å². The molecular weight excluding hydrogens is 468 g/mol. The van der Waals surface area contributed by atoms with Gasteiger partial charge in [-0.1, -0.05) is 25.1 Å². The summed E-state index contributed by atoms with van der Waals surface area (Å²) in [6, 6.07) is 12.0. The van der Waals surface area contributed by atoms with Crippen molar-refractivity contribution >= 4 is 29.5 Å². The maximum atomic E-state index is 13.0. The number of hydrazine groups is 1. The largest absolute Gasteiger partial charge is 0.493 e. The van der Waals surface area contributed by atoms with Crippen molar-refractivity contribution in [3.8, 4) is 11.5 Å². The van der Waals surface area contributed by atoms with Crippen LogP contribution < -0.4 is 19.9 Å². The van der Waals surface area contributed by atoms with Crippen LogP contribution in [-0.2, 0) is 19.1 Å². The van der Waals surface area contributed by atoms with Crippen molar-refractivity contribution in [2.45, 2.75) is 39.4 Å². The third-order valence-electron chi connectivity index (χ3n) is 5.35. The number of nitrogens with zero attached hydrogens (tertiary/aromatic N) is 1. The average Bonchev–Trinajstić information content (AvgIpc) is 3.16. The van der Waals surface area contributed by atoms with Gasteiger partial charge in [0.2, 0.25) is 0 Å². The molecule has 3 rings (SSSR count). The number of anilines is 1. The van der Waals surface area contributed by atoms with Gasteiger partial charge in [-0.05, 0) is 50.6 Å². The number of carbonyl (C=O) groups is 3. The highest BCUT2D eigenvalue weighted by Gasteiger charge is 2.35. The minimum Gasteiger partial charge on any atom is -0.493 e. The van der Waals surface area contributed by atoms with Gasteiger partial charge in [-0.15, -0.1) is 0 Å². The molecule has 0 unspecified atom stereocenters. The molecule has 0 radical (unpaired) electrons. The van der Waals surface area contributed by atoms with Gasteiger partial charge in [0.15, 0.2) is 6.10 Å². The van der Waals surface area contributed by atoms with Gasteiger partial charge in [0.1, 0.15) is 29.8 Å². The van der Waals surface area contributed by atoms with Crippen LogP contribution in [0.15, 0.2) is 48.0 Å². The molecule has 10 heteroatoms. The van der Waals surface area contributed by atoms with Crippen LogP contribution >= 0.6 is 0 Å². The smallest absolute Gasteiger partial charge is 0.337 e. The number of amides is 2. The standard InChI is InChI=1S/C26H30N2O8/c1-4-13-35-21-12-11-17(23(16(21)3)36-15-20(29)22(30)26(33)34-5-2)14-19-24(31)27-28(25(19)32)18-9-7-6-8-10-18/h6-12,14,20,22,29-30H,4-5,13,15H2,1-3H3,(H,27,31)/b19-14-/t20-,22+/m0/s1. The molecule has 1 aliphatic heterocycles. The van der Waals surface area contributed by atoms with E-state index in [1.54, 1.807) is 56.3 Å². The van der Waals surface area contributed by atoms with Crippen molar-refractivity contribution in [3.05, 3.63) is 59.2 Å². The Morgan fingerprint density at radius 2 is 1.81 bits per heavy atom. The van der Waals surface area contributed by atoms with Crippen LogP contribution in [0.25, 0.3) is 6.08 Å². The highest BCUT2D eigenvalue weighted by atomic mass is 16.6. The van der Waals surface area contributed by atoms with Crippen LogP contribution in [0.3, 0.4) is 0 Å². The molecule has 1 fully saturated rings. The lowest BCUT2D eigenvalue weighted by Gasteiger charge is -2.20. The zero-order chi connectivity index (χ0) is 26.2. The lowest BCUT2D eigenvalue weighted by Crippen LogP contribution is -2.39. The summed E-state index contributed by atoms with van der Waals surface area (Å²) in [4.78, 5) is 37.4. The molecule has 2 aromatic carbocycles. The Bertz CT molecular complexity index is 1130. The van der Waals surface area contributed by atoms with Crippen LogP contribution in [0.4, 0.5) is 5.69 Å². The lowest BCUT2D eigenvalue weighted by atomic mass is 10.0. The summed E-state index contributed by atoms with van der Waals surface area (Å²) in [7, 11) is 0. The monoisotopic (exact) mass is 498 g/mol. The van der Waals surface area contributed by atoms with Gasteiger partial charge in [-0.2, -0.15) is 0 Å². The number of rotatable bonds is 11. The molecule has 0 bridgehead atoms. The van der Waals surface area contributed by atoms with E-state index in [2.05, 4.69) is 5.43 Å². The zero-order valence-electron chi connectivity index (χ0n) is 20.4. The van der Waals surface area contributed by atoms with Gasteiger partial charge in [-0.3, -0.25) is 15.0 Å². The number of ether oxygens (including phenoxy) is 3. The molecule has 1 saturated heterocycles. The van der Waals surface area contributed by atoms with Crippen molar-refractivity contribution in [2.75, 3.05) is 24.8 Å². The molecule has 10 nitrogen and oxygen atoms in total. The summed E-state index contributed by atoms with van der Waals surface area (Å²) in [5.41, 5.74) is 3.87. The Hall–Kier alpha value is -3.89. The number of aliphatic hydroxyl groups excluding tert-OH is 2. The molecule has 2 amide bonds. The van der Waals surface area contributed by atoms with Crippen LogP contribution in [0, 0.1) is 6.92 Å². The van der Waals surface area contributed by atoms with Crippen LogP contribution in [0.5, 0.6) is 11.5 Å². The summed E-state index contributed by atoms with van der Waals surface area (Å²) < 4.78 is 16.3. The van der Waals surface area contributed by atoms with E-state index in [9.17, 15) is 24.6 Å². The molecule has 2 atom stereocenters. The zero-order valence-corrected chi connectivity index (χ0v) is 20.4. The summed E-state index contributed by atoms with van der Waals surface area (Å²) in [6.45, 7) is 5.32. The van der Waals surface area contributed by atoms with E-state index in [0.29, 0.717) is 29.2 Å². The number of para-hydroxylation sites is 1. The molecule has 2 aromatic rings. The van der Waals surface area contributed by atoms with Crippen molar-refractivity contribution in [1.82, 2.24) is 5.43 Å². The first kappa shape index (κ1) is 26.7. The number of carbonyl (C=O) groups excluding carboxylic acids is 3. The summed E-state index contributed by atoms with van der Waals surface area (Å²) >= 11 is 0. The minimum atomic E-state index is -1.80. The Morgan fingerprint density at radius 1 is 1.08 bits per heavy atom. The Morgan fingerprint density at radius 3 is 2.47 bits per heavy atom. The summed E-state index contributed by atoms with van der Waals surface area (Å²) in [5, 5.41) is 21.4. The van der Waals surface area contributed by atoms with Gasteiger partial charge < -0.3 is 24.4 Å². The molecular formula is C26H30N2O8. The normalized spacial score (nSPS) is 16.0. The lowest BCUT2D eigenvalue weighted by molar-refractivity contribution is -0.160. The van der Waals surface area contributed by atoms with E-state index in [0.717, 1.165) is 11.4 Å². The minimum absolute atomic E-state index is 0.0488. The van der Waals surface area contributed by atoms with E-state index < -0.39 is 36.6 Å². The number of benzene rings is 2. The second kappa shape index (κ2) is 12.2. The molecule has 0 aliphatic carbocycles. The van der Waals surface area contributed by atoms with E-state index >= 15 is 0 Å². The fraction of sp³-hybridized carbons (Fsp3) is 0.346. The highest BCUT2D eigenvalue weighted by molar-refractivity contribution is 6.31. The van der Waals surface area contributed by atoms with Crippen LogP contribution in [0.2, 0.25) is 0 Å². The Kier molecular flexibility index (Phi) is 9.04. The summed E-state index contributed by atoms with van der Waals surface area (Å²) in [5.74, 6) is -1.36. The van der Waals surface area contributed by atoms with Gasteiger partial charge in [0.25, 0.3) is 11.8 Å². The molecule has 0 spiro atoms. The topological polar surface area (TPSA) is 135 Å². The maximum absolute atomic E-state index is 13.0. The number of hydrogen-bond acceptors (Lipinski definition) is 8. The van der Waals surface area contributed by atoms with Crippen molar-refractivity contribution in [2.24, 2.45) is 0 Å². The van der Waals surface area contributed by atoms with E-state index in [1.165, 1.54) is 6.08 Å². The van der Waals surface area contributed by atoms with Gasteiger partial charge in [0, 0.05) is 11.1 Å². The first-order valence-electron chi connectivity index (χ1n) is 11.6. The van der Waals surface area contributed by atoms with Crippen molar-refractivity contribution < 1.29 is 38.8 Å². The molecule has 1 aliphatic rings. The van der Waals surface area contributed by atoms with E-state index in [1.807, 2.05) is 6.92 Å². The van der Waals surface area contributed by atoms with Crippen LogP contribution in [0.1, 0.15) is 31.4 Å². The Labute approximate surface area is 209 Å². The van der Waals surface area contributed by atoms with E-state index in [4.69, 9.17) is 14.2 Å². The average molecular weight is 499 g/mol. The molecule has 3 N–H and O–H groups in total. The Balaban J connectivity index is 1.92. The number of nitrogens with one attached hydrogen (secondary N) is 1. The predicted octanol–water partition coefficient (Wildman–Crippen LogP) is 1.91. The molecule has 1 heterocycles. The second-order valence-corrected chi connectivity index (χ2v) is 8.01. The maximum Gasteiger partial charge on any atom is 0.337 e. The molecule has 0 saturated carbocycles. The van der Waals surface area contributed by atoms with Gasteiger partial charge >= 0.3 is 5.97 Å². The quantitative estimate of drug-likeness (QED) is 0.243. The summed E-state index contributed by atoms with van der Waals surface area (Å²) in [6.07, 6.45) is -1.21. The third kappa shape index (κ3) is 6.02.